The van der Waals surface area contributed by atoms with Crippen molar-refractivity contribution in [2.75, 3.05) is 11.9 Å². The van der Waals surface area contributed by atoms with Crippen LogP contribution in [0.15, 0.2) is 11.8 Å². The molecular formula is C9H11ClN4S. The summed E-state index contributed by atoms with van der Waals surface area (Å²) in [5, 5.41) is 3.30. The van der Waals surface area contributed by atoms with Gasteiger partial charge >= 0.3 is 0 Å². The summed E-state index contributed by atoms with van der Waals surface area (Å²) in [6.07, 6.45) is 2.47. The molecule has 0 aliphatic rings. The highest BCUT2D eigenvalue weighted by Gasteiger charge is 2.07. The SMILES string of the molecule is CCC(Cl)CNc1ncnc2scnc12. The van der Waals surface area contributed by atoms with Gasteiger partial charge in [0.05, 0.1) is 10.9 Å². The second-order valence-corrected chi connectivity index (χ2v) is 4.57. The fraction of sp³-hybridized carbons (Fsp3) is 0.444. The van der Waals surface area contributed by atoms with E-state index >= 15 is 0 Å². The Bertz CT molecular complexity index is 444. The van der Waals surface area contributed by atoms with Crippen molar-refractivity contribution in [3.63, 3.8) is 0 Å². The zero-order valence-electron chi connectivity index (χ0n) is 8.27. The Balaban J connectivity index is 2.17. The molecule has 6 heteroatoms. The first-order valence-corrected chi connectivity index (χ1v) is 6.05. The van der Waals surface area contributed by atoms with Gasteiger partial charge in [-0.25, -0.2) is 15.0 Å². The molecule has 0 radical (unpaired) electrons. The van der Waals surface area contributed by atoms with Gasteiger partial charge in [0.15, 0.2) is 5.82 Å². The molecule has 0 amide bonds. The van der Waals surface area contributed by atoms with Crippen LogP contribution in [0.3, 0.4) is 0 Å². The molecule has 2 aromatic heterocycles. The lowest BCUT2D eigenvalue weighted by atomic mass is 10.3. The van der Waals surface area contributed by atoms with Gasteiger partial charge in [0.2, 0.25) is 0 Å². The van der Waals surface area contributed by atoms with E-state index in [-0.39, 0.29) is 5.38 Å². The van der Waals surface area contributed by atoms with E-state index in [4.69, 9.17) is 11.6 Å². The maximum atomic E-state index is 6.02. The normalized spacial score (nSPS) is 12.9. The lowest BCUT2D eigenvalue weighted by molar-refractivity contribution is 0.841. The summed E-state index contributed by atoms with van der Waals surface area (Å²) in [6, 6.07) is 0. The van der Waals surface area contributed by atoms with Gasteiger partial charge in [-0.1, -0.05) is 6.92 Å². The zero-order chi connectivity index (χ0) is 10.7. The monoisotopic (exact) mass is 242 g/mol. The van der Waals surface area contributed by atoms with E-state index in [2.05, 4.69) is 27.2 Å². The summed E-state index contributed by atoms with van der Waals surface area (Å²) >= 11 is 7.52. The second-order valence-electron chi connectivity index (χ2n) is 3.11. The molecule has 15 heavy (non-hydrogen) atoms. The minimum atomic E-state index is 0.119. The number of alkyl halides is 1. The minimum Gasteiger partial charge on any atom is -0.367 e. The highest BCUT2D eigenvalue weighted by Crippen LogP contribution is 2.20. The molecule has 0 aliphatic heterocycles. The molecule has 0 saturated carbocycles. The molecule has 80 valence electrons. The largest absolute Gasteiger partial charge is 0.367 e. The first-order chi connectivity index (χ1) is 7.31. The Hall–Kier alpha value is -0.940. The third-order valence-corrected chi connectivity index (χ3v) is 3.26. The molecule has 1 N–H and O–H groups in total. The average molecular weight is 243 g/mol. The van der Waals surface area contributed by atoms with E-state index in [1.807, 2.05) is 0 Å². The third-order valence-electron chi connectivity index (χ3n) is 2.07. The van der Waals surface area contributed by atoms with Gasteiger partial charge in [-0.2, -0.15) is 0 Å². The molecule has 0 saturated heterocycles. The van der Waals surface area contributed by atoms with Crippen molar-refractivity contribution in [2.24, 2.45) is 0 Å². The summed E-state index contributed by atoms with van der Waals surface area (Å²) in [4.78, 5) is 13.4. The van der Waals surface area contributed by atoms with Crippen LogP contribution in [0, 0.1) is 0 Å². The van der Waals surface area contributed by atoms with E-state index in [0.717, 1.165) is 22.6 Å². The van der Waals surface area contributed by atoms with Crippen LogP contribution in [-0.4, -0.2) is 26.9 Å². The van der Waals surface area contributed by atoms with E-state index < -0.39 is 0 Å². The van der Waals surface area contributed by atoms with Crippen molar-refractivity contribution in [1.29, 1.82) is 0 Å². The molecule has 2 heterocycles. The van der Waals surface area contributed by atoms with Crippen LogP contribution in [0.5, 0.6) is 0 Å². The molecule has 1 atom stereocenters. The number of thiazole rings is 1. The Kier molecular flexibility index (Phi) is 3.33. The van der Waals surface area contributed by atoms with Crippen molar-refractivity contribution in [2.45, 2.75) is 18.7 Å². The summed E-state index contributed by atoms with van der Waals surface area (Å²) in [5.41, 5.74) is 2.59. The third kappa shape index (κ3) is 2.35. The fourth-order valence-electron chi connectivity index (χ4n) is 1.18. The predicted molar refractivity (Wildman–Crippen MR) is 63.6 cm³/mol. The highest BCUT2D eigenvalue weighted by atomic mass is 35.5. The fourth-order valence-corrected chi connectivity index (χ4v) is 1.88. The quantitative estimate of drug-likeness (QED) is 0.837. The molecule has 2 aromatic rings. The van der Waals surface area contributed by atoms with Gasteiger partial charge in [-0.05, 0) is 6.42 Å². The Labute approximate surface area is 96.7 Å². The summed E-state index contributed by atoms with van der Waals surface area (Å²) in [7, 11) is 0. The number of hydrogen-bond acceptors (Lipinski definition) is 5. The van der Waals surface area contributed by atoms with Crippen LogP contribution in [0.25, 0.3) is 10.3 Å². The smallest absolute Gasteiger partial charge is 0.156 e. The van der Waals surface area contributed by atoms with Crippen molar-refractivity contribution in [3.05, 3.63) is 11.8 Å². The number of halogens is 1. The summed E-state index contributed by atoms with van der Waals surface area (Å²) in [6.45, 7) is 2.75. The predicted octanol–water partition coefficient (Wildman–Crippen LogP) is 2.52. The molecule has 0 bridgehead atoms. The number of anilines is 1. The zero-order valence-corrected chi connectivity index (χ0v) is 9.85. The Morgan fingerprint density at radius 2 is 2.33 bits per heavy atom. The van der Waals surface area contributed by atoms with Crippen molar-refractivity contribution < 1.29 is 0 Å². The molecule has 0 fully saturated rings. The van der Waals surface area contributed by atoms with Gasteiger partial charge in [0, 0.05) is 6.54 Å². The summed E-state index contributed by atoms with van der Waals surface area (Å²) < 4.78 is 0. The maximum Gasteiger partial charge on any atom is 0.156 e. The van der Waals surface area contributed by atoms with Crippen LogP contribution in [-0.2, 0) is 0 Å². The number of hydrogen-bond donors (Lipinski definition) is 1. The first kappa shape index (κ1) is 10.6. The lowest BCUT2D eigenvalue weighted by Gasteiger charge is -2.08. The van der Waals surface area contributed by atoms with Crippen LogP contribution < -0.4 is 5.32 Å². The number of nitrogens with zero attached hydrogens (tertiary/aromatic N) is 3. The van der Waals surface area contributed by atoms with Crippen LogP contribution in [0.2, 0.25) is 0 Å². The average Bonchev–Trinajstić information content (AvgIpc) is 2.74. The molecular weight excluding hydrogens is 232 g/mol. The van der Waals surface area contributed by atoms with E-state index in [1.54, 1.807) is 5.51 Å². The van der Waals surface area contributed by atoms with E-state index in [9.17, 15) is 0 Å². The van der Waals surface area contributed by atoms with Gasteiger partial charge in [0.1, 0.15) is 16.7 Å². The number of rotatable bonds is 4. The van der Waals surface area contributed by atoms with Crippen LogP contribution >= 0.6 is 22.9 Å². The number of fused-ring (bicyclic) bond motifs is 1. The van der Waals surface area contributed by atoms with Gasteiger partial charge in [-0.15, -0.1) is 22.9 Å². The van der Waals surface area contributed by atoms with Crippen LogP contribution in [0.1, 0.15) is 13.3 Å². The van der Waals surface area contributed by atoms with Crippen molar-refractivity contribution >= 4 is 39.1 Å². The second kappa shape index (κ2) is 4.72. The Morgan fingerprint density at radius 1 is 1.47 bits per heavy atom. The van der Waals surface area contributed by atoms with Gasteiger partial charge < -0.3 is 5.32 Å². The molecule has 0 spiro atoms. The molecule has 1 unspecified atom stereocenters. The van der Waals surface area contributed by atoms with Gasteiger partial charge in [-0.3, -0.25) is 0 Å². The molecule has 0 aromatic carbocycles. The number of aromatic nitrogens is 3. The van der Waals surface area contributed by atoms with Crippen LogP contribution in [0.4, 0.5) is 5.82 Å². The minimum absolute atomic E-state index is 0.119. The van der Waals surface area contributed by atoms with Gasteiger partial charge in [0.25, 0.3) is 0 Å². The van der Waals surface area contributed by atoms with Crippen molar-refractivity contribution in [3.8, 4) is 0 Å². The molecule has 2 rings (SSSR count). The molecule has 0 aliphatic carbocycles. The first-order valence-electron chi connectivity index (χ1n) is 4.73. The maximum absolute atomic E-state index is 6.02. The Morgan fingerprint density at radius 3 is 3.13 bits per heavy atom. The van der Waals surface area contributed by atoms with Crippen molar-refractivity contribution in [1.82, 2.24) is 15.0 Å². The lowest BCUT2D eigenvalue weighted by Crippen LogP contribution is -2.14. The van der Waals surface area contributed by atoms with E-state index in [1.165, 1.54) is 17.7 Å². The van der Waals surface area contributed by atoms with E-state index in [0.29, 0.717) is 6.54 Å². The highest BCUT2D eigenvalue weighted by molar-refractivity contribution is 7.16. The summed E-state index contributed by atoms with van der Waals surface area (Å²) in [5.74, 6) is 0.764. The molecule has 4 nitrogen and oxygen atoms in total. The topological polar surface area (TPSA) is 50.7 Å². The standard InChI is InChI=1S/C9H11ClN4S/c1-2-6(10)3-11-8-7-9(13-4-12-8)15-5-14-7/h4-6H,2-3H2,1H3,(H,11,12,13). The number of nitrogens with one attached hydrogen (secondary N) is 1.